The molecule has 0 aliphatic rings. The molecule has 0 aliphatic heterocycles. The van der Waals surface area contributed by atoms with Gasteiger partial charge >= 0.3 is 5.97 Å². The Kier molecular flexibility index (Phi) is 6.76. The number of halogens is 1. The summed E-state index contributed by atoms with van der Waals surface area (Å²) >= 11 is 5.84. The van der Waals surface area contributed by atoms with E-state index in [1.807, 2.05) is 24.3 Å². The van der Waals surface area contributed by atoms with E-state index in [9.17, 15) is 4.79 Å². The number of aliphatic carboxylic acids is 1. The first-order valence-electron chi connectivity index (χ1n) is 6.30. The second kappa shape index (κ2) is 8.11. The van der Waals surface area contributed by atoms with Crippen LogP contribution in [0.2, 0.25) is 5.02 Å². The van der Waals surface area contributed by atoms with Gasteiger partial charge < -0.3 is 10.4 Å². The topological polar surface area (TPSA) is 49.3 Å². The molecule has 0 radical (unpaired) electrons. The van der Waals surface area contributed by atoms with E-state index in [2.05, 4.69) is 12.2 Å². The fourth-order valence-corrected chi connectivity index (χ4v) is 1.89. The molecule has 2 N–H and O–H groups in total. The number of benzene rings is 1. The lowest BCUT2D eigenvalue weighted by Gasteiger charge is -2.14. The van der Waals surface area contributed by atoms with Crippen LogP contribution in [0, 0.1) is 0 Å². The Balaban J connectivity index is 2.15. The largest absolute Gasteiger partial charge is 0.481 e. The summed E-state index contributed by atoms with van der Waals surface area (Å²) in [6.45, 7) is 3.02. The summed E-state index contributed by atoms with van der Waals surface area (Å²) in [5.41, 5.74) is 1.21. The summed E-state index contributed by atoms with van der Waals surface area (Å²) in [4.78, 5) is 10.3. The van der Waals surface area contributed by atoms with Crippen molar-refractivity contribution < 1.29 is 9.90 Å². The van der Waals surface area contributed by atoms with Gasteiger partial charge in [0, 0.05) is 17.5 Å². The molecule has 100 valence electrons. The van der Waals surface area contributed by atoms with Crippen molar-refractivity contribution in [3.05, 3.63) is 34.9 Å². The molecule has 1 unspecified atom stereocenters. The molecule has 0 amide bonds. The van der Waals surface area contributed by atoms with Gasteiger partial charge in [-0.2, -0.15) is 0 Å². The van der Waals surface area contributed by atoms with Crippen LogP contribution in [0.1, 0.15) is 44.2 Å². The zero-order valence-electron chi connectivity index (χ0n) is 10.7. The van der Waals surface area contributed by atoms with Crippen LogP contribution >= 0.6 is 11.6 Å². The highest BCUT2D eigenvalue weighted by molar-refractivity contribution is 6.30. The summed E-state index contributed by atoms with van der Waals surface area (Å²) in [6, 6.07) is 8.11. The monoisotopic (exact) mass is 269 g/mol. The Morgan fingerprint density at radius 3 is 2.56 bits per heavy atom. The molecule has 18 heavy (non-hydrogen) atoms. The van der Waals surface area contributed by atoms with Gasteiger partial charge in [-0.15, -0.1) is 0 Å². The molecule has 0 saturated carbocycles. The van der Waals surface area contributed by atoms with Crippen molar-refractivity contribution in [1.82, 2.24) is 5.32 Å². The van der Waals surface area contributed by atoms with Gasteiger partial charge in [0.2, 0.25) is 0 Å². The van der Waals surface area contributed by atoms with Gasteiger partial charge in [-0.25, -0.2) is 0 Å². The maximum Gasteiger partial charge on any atom is 0.303 e. The Labute approximate surface area is 113 Å². The van der Waals surface area contributed by atoms with Crippen molar-refractivity contribution in [3.8, 4) is 0 Å². The molecule has 0 bridgehead atoms. The molecule has 0 fully saturated rings. The maximum atomic E-state index is 10.3. The average Bonchev–Trinajstić information content (AvgIpc) is 2.34. The van der Waals surface area contributed by atoms with Gasteiger partial charge in [0.25, 0.3) is 0 Å². The van der Waals surface area contributed by atoms with Gasteiger partial charge in [-0.1, -0.05) is 30.2 Å². The van der Waals surface area contributed by atoms with Crippen molar-refractivity contribution in [1.29, 1.82) is 0 Å². The highest BCUT2D eigenvalue weighted by Gasteiger charge is 2.04. The van der Waals surface area contributed by atoms with Crippen LogP contribution in [0.25, 0.3) is 0 Å². The number of rotatable bonds is 8. The summed E-state index contributed by atoms with van der Waals surface area (Å²) in [7, 11) is 0. The van der Waals surface area contributed by atoms with Crippen molar-refractivity contribution in [2.75, 3.05) is 6.54 Å². The summed E-state index contributed by atoms with van der Waals surface area (Å²) < 4.78 is 0. The van der Waals surface area contributed by atoms with Crippen LogP contribution in [-0.4, -0.2) is 17.6 Å². The minimum atomic E-state index is -0.711. The second-order valence-corrected chi connectivity index (χ2v) is 4.87. The zero-order chi connectivity index (χ0) is 13.4. The number of nitrogens with one attached hydrogen (secondary N) is 1. The molecule has 0 heterocycles. The van der Waals surface area contributed by atoms with Gasteiger partial charge in [-0.05, 0) is 44.0 Å². The van der Waals surface area contributed by atoms with Crippen molar-refractivity contribution in [2.45, 2.75) is 38.6 Å². The number of unbranched alkanes of at least 4 members (excludes halogenated alkanes) is 2. The molecule has 1 rings (SSSR count). The summed E-state index contributed by atoms with van der Waals surface area (Å²) in [6.07, 6.45) is 2.98. The standard InChI is InChI=1S/C14H20ClNO2/c1-11(12-6-8-13(15)9-7-12)16-10-4-2-3-5-14(17)18/h6-9,11,16H,2-5,10H2,1H3,(H,17,18). The molecule has 0 spiro atoms. The zero-order valence-corrected chi connectivity index (χ0v) is 11.4. The van der Waals surface area contributed by atoms with E-state index in [0.717, 1.165) is 30.8 Å². The molecule has 0 aromatic heterocycles. The number of carboxylic acid groups (broad SMARTS) is 1. The third kappa shape index (κ3) is 6.03. The lowest BCUT2D eigenvalue weighted by Crippen LogP contribution is -2.19. The van der Waals surface area contributed by atoms with Gasteiger partial charge in [0.1, 0.15) is 0 Å². The predicted molar refractivity (Wildman–Crippen MR) is 74.0 cm³/mol. The fraction of sp³-hybridized carbons (Fsp3) is 0.500. The number of hydrogen-bond acceptors (Lipinski definition) is 2. The van der Waals surface area contributed by atoms with Crippen molar-refractivity contribution in [3.63, 3.8) is 0 Å². The minimum Gasteiger partial charge on any atom is -0.481 e. The van der Waals surface area contributed by atoms with Crippen LogP contribution in [0.3, 0.4) is 0 Å². The Hall–Kier alpha value is -1.06. The molecule has 0 aliphatic carbocycles. The van der Waals surface area contributed by atoms with Gasteiger partial charge in [0.05, 0.1) is 0 Å². The Morgan fingerprint density at radius 2 is 1.94 bits per heavy atom. The van der Waals surface area contributed by atoms with Crippen LogP contribution in [0.5, 0.6) is 0 Å². The van der Waals surface area contributed by atoms with Gasteiger partial charge in [-0.3, -0.25) is 4.79 Å². The molecule has 1 aromatic rings. The van der Waals surface area contributed by atoms with Gasteiger partial charge in [0.15, 0.2) is 0 Å². The molecular weight excluding hydrogens is 250 g/mol. The van der Waals surface area contributed by atoms with E-state index in [1.54, 1.807) is 0 Å². The average molecular weight is 270 g/mol. The highest BCUT2D eigenvalue weighted by Crippen LogP contribution is 2.15. The van der Waals surface area contributed by atoms with E-state index >= 15 is 0 Å². The molecule has 1 atom stereocenters. The molecule has 1 aromatic carbocycles. The van der Waals surface area contributed by atoms with Crippen LogP contribution in [0.4, 0.5) is 0 Å². The molecule has 0 saturated heterocycles. The Morgan fingerprint density at radius 1 is 1.28 bits per heavy atom. The Bertz CT molecular complexity index is 365. The molecular formula is C14H20ClNO2. The predicted octanol–water partition coefficient (Wildman–Crippen LogP) is 3.64. The van der Waals surface area contributed by atoms with Crippen molar-refractivity contribution in [2.24, 2.45) is 0 Å². The summed E-state index contributed by atoms with van der Waals surface area (Å²) in [5.74, 6) is -0.711. The maximum absolute atomic E-state index is 10.3. The van der Waals surface area contributed by atoms with E-state index < -0.39 is 5.97 Å². The highest BCUT2D eigenvalue weighted by atomic mass is 35.5. The van der Waals surface area contributed by atoms with Crippen molar-refractivity contribution >= 4 is 17.6 Å². The second-order valence-electron chi connectivity index (χ2n) is 4.43. The smallest absolute Gasteiger partial charge is 0.303 e. The lowest BCUT2D eigenvalue weighted by molar-refractivity contribution is -0.137. The first-order chi connectivity index (χ1) is 8.59. The third-order valence-corrected chi connectivity index (χ3v) is 3.14. The quantitative estimate of drug-likeness (QED) is 0.709. The lowest BCUT2D eigenvalue weighted by atomic mass is 10.1. The third-order valence-electron chi connectivity index (χ3n) is 2.89. The van der Waals surface area contributed by atoms with E-state index in [1.165, 1.54) is 5.56 Å². The van der Waals surface area contributed by atoms with Crippen LogP contribution < -0.4 is 5.32 Å². The first-order valence-corrected chi connectivity index (χ1v) is 6.68. The van der Waals surface area contributed by atoms with E-state index in [-0.39, 0.29) is 6.42 Å². The summed E-state index contributed by atoms with van der Waals surface area (Å²) in [5, 5.41) is 12.7. The number of carboxylic acids is 1. The number of carbonyl (C=O) groups is 1. The number of hydrogen-bond donors (Lipinski definition) is 2. The SMILES string of the molecule is CC(NCCCCCC(=O)O)c1ccc(Cl)cc1. The van der Waals surface area contributed by atoms with Crippen LogP contribution in [0.15, 0.2) is 24.3 Å². The fourth-order valence-electron chi connectivity index (χ4n) is 1.77. The normalized spacial score (nSPS) is 12.3. The molecule has 3 nitrogen and oxygen atoms in total. The van der Waals surface area contributed by atoms with E-state index in [0.29, 0.717) is 6.04 Å². The van der Waals surface area contributed by atoms with Crippen LogP contribution in [-0.2, 0) is 4.79 Å². The molecule has 4 heteroatoms. The minimum absolute atomic E-state index is 0.271. The first kappa shape index (κ1) is 15.0. The van der Waals surface area contributed by atoms with E-state index in [4.69, 9.17) is 16.7 Å².